The third-order valence-corrected chi connectivity index (χ3v) is 2.85. The minimum absolute atomic E-state index is 0.0694. The molecule has 0 heterocycles. The van der Waals surface area contributed by atoms with Crippen molar-refractivity contribution >= 4 is 5.78 Å². The summed E-state index contributed by atoms with van der Waals surface area (Å²) in [7, 11) is 0. The minimum Gasteiger partial charge on any atom is -0.330 e. The van der Waals surface area contributed by atoms with Crippen molar-refractivity contribution in [1.82, 2.24) is 0 Å². The van der Waals surface area contributed by atoms with E-state index in [1.165, 1.54) is 12.1 Å². The third-order valence-electron chi connectivity index (χ3n) is 2.85. The van der Waals surface area contributed by atoms with Crippen molar-refractivity contribution in [3.63, 3.8) is 0 Å². The Hall–Kier alpha value is -1.29. The highest BCUT2D eigenvalue weighted by Crippen LogP contribution is 2.15. The molecule has 0 bridgehead atoms. The van der Waals surface area contributed by atoms with Crippen molar-refractivity contribution in [2.24, 2.45) is 11.7 Å². The number of Topliss-reactive ketones (excluding diaryl/α,β-unsaturated/α-hetero) is 1. The highest BCUT2D eigenvalue weighted by Gasteiger charge is 2.14. The summed E-state index contributed by atoms with van der Waals surface area (Å²) in [6, 6.07) is 3.87. The summed E-state index contributed by atoms with van der Waals surface area (Å²) in [6.07, 6.45) is 1.07. The number of carbonyl (C=O) groups excluding carboxylic acids is 1. The molecule has 4 heteroatoms. The first kappa shape index (κ1) is 13.8. The van der Waals surface area contributed by atoms with Crippen LogP contribution in [0.3, 0.4) is 0 Å². The van der Waals surface area contributed by atoms with Gasteiger partial charge in [0.05, 0.1) is 0 Å². The molecule has 0 spiro atoms. The van der Waals surface area contributed by atoms with E-state index < -0.39 is 11.6 Å². The molecule has 2 N–H and O–H groups in total. The van der Waals surface area contributed by atoms with Crippen LogP contribution in [0.25, 0.3) is 0 Å². The molecule has 94 valence electrons. The molecule has 17 heavy (non-hydrogen) atoms. The molecule has 1 aromatic rings. The second kappa shape index (κ2) is 6.45. The SMILES string of the molecule is CCC(CN)CC(=O)Cc1cccc(F)c1F. The molecule has 1 unspecified atom stereocenters. The highest BCUT2D eigenvalue weighted by molar-refractivity contribution is 5.81. The molecule has 0 fully saturated rings. The van der Waals surface area contributed by atoms with Gasteiger partial charge < -0.3 is 5.73 Å². The molecule has 0 aliphatic heterocycles. The van der Waals surface area contributed by atoms with Gasteiger partial charge in [-0.1, -0.05) is 25.5 Å². The molecule has 0 radical (unpaired) electrons. The highest BCUT2D eigenvalue weighted by atomic mass is 19.2. The van der Waals surface area contributed by atoms with Crippen molar-refractivity contribution in [2.75, 3.05) is 6.54 Å². The molecule has 1 atom stereocenters. The fourth-order valence-corrected chi connectivity index (χ4v) is 1.69. The van der Waals surface area contributed by atoms with E-state index in [0.29, 0.717) is 13.0 Å². The maximum atomic E-state index is 13.3. The lowest BCUT2D eigenvalue weighted by Crippen LogP contribution is -2.18. The smallest absolute Gasteiger partial charge is 0.162 e. The molecular weight excluding hydrogens is 224 g/mol. The largest absolute Gasteiger partial charge is 0.330 e. The number of carbonyl (C=O) groups is 1. The first-order chi connectivity index (χ1) is 8.08. The summed E-state index contributed by atoms with van der Waals surface area (Å²) in [6.45, 7) is 2.39. The Morgan fingerprint density at radius 3 is 2.71 bits per heavy atom. The summed E-state index contributed by atoms with van der Waals surface area (Å²) in [5, 5.41) is 0. The first-order valence-electron chi connectivity index (χ1n) is 5.73. The van der Waals surface area contributed by atoms with E-state index in [2.05, 4.69) is 0 Å². The number of hydrogen-bond donors (Lipinski definition) is 1. The number of nitrogens with two attached hydrogens (primary N) is 1. The van der Waals surface area contributed by atoms with Gasteiger partial charge in [-0.15, -0.1) is 0 Å². The number of halogens is 2. The Labute approximate surface area is 99.8 Å². The summed E-state index contributed by atoms with van der Waals surface area (Å²) in [4.78, 5) is 11.7. The van der Waals surface area contributed by atoms with Crippen LogP contribution in [0.5, 0.6) is 0 Å². The van der Waals surface area contributed by atoms with Gasteiger partial charge in [0.1, 0.15) is 5.78 Å². The van der Waals surface area contributed by atoms with E-state index in [9.17, 15) is 13.6 Å². The Kier molecular flexibility index (Phi) is 5.22. The van der Waals surface area contributed by atoms with Crippen molar-refractivity contribution in [2.45, 2.75) is 26.2 Å². The predicted octanol–water partition coefficient (Wildman–Crippen LogP) is 2.45. The van der Waals surface area contributed by atoms with Crippen LogP contribution >= 0.6 is 0 Å². The quantitative estimate of drug-likeness (QED) is 0.831. The van der Waals surface area contributed by atoms with Crippen molar-refractivity contribution in [3.8, 4) is 0 Å². The molecule has 1 aromatic carbocycles. The van der Waals surface area contributed by atoms with Crippen molar-refractivity contribution in [1.29, 1.82) is 0 Å². The number of ketones is 1. The summed E-state index contributed by atoms with van der Waals surface area (Å²) < 4.78 is 26.2. The summed E-state index contributed by atoms with van der Waals surface area (Å²) in [5.74, 6) is -1.83. The lowest BCUT2D eigenvalue weighted by Gasteiger charge is -2.11. The zero-order chi connectivity index (χ0) is 12.8. The van der Waals surface area contributed by atoms with Crippen molar-refractivity contribution < 1.29 is 13.6 Å². The van der Waals surface area contributed by atoms with Gasteiger partial charge in [-0.2, -0.15) is 0 Å². The van der Waals surface area contributed by atoms with Crippen LogP contribution in [0, 0.1) is 17.6 Å². The van der Waals surface area contributed by atoms with E-state index in [4.69, 9.17) is 5.73 Å². The first-order valence-corrected chi connectivity index (χ1v) is 5.73. The standard InChI is InChI=1S/C13H17F2NO/c1-2-9(8-16)6-11(17)7-10-4-3-5-12(14)13(10)15/h3-5,9H,2,6-8,16H2,1H3. The van der Waals surface area contributed by atoms with Crippen LogP contribution in [0.4, 0.5) is 8.78 Å². The van der Waals surface area contributed by atoms with E-state index in [0.717, 1.165) is 12.5 Å². The lowest BCUT2D eigenvalue weighted by molar-refractivity contribution is -0.119. The van der Waals surface area contributed by atoms with Crippen LogP contribution in [-0.2, 0) is 11.2 Å². The van der Waals surface area contributed by atoms with E-state index in [1.807, 2.05) is 6.92 Å². The minimum atomic E-state index is -0.929. The molecule has 0 saturated heterocycles. The monoisotopic (exact) mass is 241 g/mol. The fraction of sp³-hybridized carbons (Fsp3) is 0.462. The van der Waals surface area contributed by atoms with Crippen LogP contribution in [0.2, 0.25) is 0 Å². The van der Waals surface area contributed by atoms with Gasteiger partial charge in [0.2, 0.25) is 0 Å². The van der Waals surface area contributed by atoms with Gasteiger partial charge in [0.25, 0.3) is 0 Å². The average molecular weight is 241 g/mol. The average Bonchev–Trinajstić information content (AvgIpc) is 2.32. The van der Waals surface area contributed by atoms with E-state index in [1.54, 1.807) is 0 Å². The molecule has 2 nitrogen and oxygen atoms in total. The topological polar surface area (TPSA) is 43.1 Å². The molecule has 1 rings (SSSR count). The Morgan fingerprint density at radius 2 is 2.12 bits per heavy atom. The maximum Gasteiger partial charge on any atom is 0.162 e. The summed E-state index contributed by atoms with van der Waals surface area (Å²) >= 11 is 0. The van der Waals surface area contributed by atoms with Gasteiger partial charge in [-0.3, -0.25) is 4.79 Å². The summed E-state index contributed by atoms with van der Waals surface area (Å²) in [5.41, 5.74) is 5.61. The molecule has 0 aliphatic rings. The molecular formula is C13H17F2NO. The molecule has 0 amide bonds. The Bertz CT molecular complexity index is 389. The normalized spacial score (nSPS) is 12.5. The second-order valence-corrected chi connectivity index (χ2v) is 4.14. The number of hydrogen-bond acceptors (Lipinski definition) is 2. The maximum absolute atomic E-state index is 13.3. The van der Waals surface area contributed by atoms with Crippen LogP contribution < -0.4 is 5.73 Å². The van der Waals surface area contributed by atoms with Crippen LogP contribution in [0.15, 0.2) is 18.2 Å². The third kappa shape index (κ3) is 3.89. The Morgan fingerprint density at radius 1 is 1.41 bits per heavy atom. The van der Waals surface area contributed by atoms with Gasteiger partial charge in [0, 0.05) is 12.8 Å². The number of benzene rings is 1. The van der Waals surface area contributed by atoms with Crippen LogP contribution in [-0.4, -0.2) is 12.3 Å². The van der Waals surface area contributed by atoms with Gasteiger partial charge in [-0.25, -0.2) is 8.78 Å². The fourth-order valence-electron chi connectivity index (χ4n) is 1.69. The van der Waals surface area contributed by atoms with Gasteiger partial charge in [-0.05, 0) is 24.1 Å². The molecule has 0 aromatic heterocycles. The van der Waals surface area contributed by atoms with Crippen LogP contribution in [0.1, 0.15) is 25.3 Å². The van der Waals surface area contributed by atoms with Crippen molar-refractivity contribution in [3.05, 3.63) is 35.4 Å². The Balaban J connectivity index is 2.65. The second-order valence-electron chi connectivity index (χ2n) is 4.14. The number of rotatable bonds is 6. The zero-order valence-electron chi connectivity index (χ0n) is 9.88. The molecule has 0 saturated carbocycles. The molecule has 0 aliphatic carbocycles. The lowest BCUT2D eigenvalue weighted by atomic mass is 9.96. The van der Waals surface area contributed by atoms with Gasteiger partial charge in [0.15, 0.2) is 11.6 Å². The predicted molar refractivity (Wildman–Crippen MR) is 62.5 cm³/mol. The van der Waals surface area contributed by atoms with E-state index >= 15 is 0 Å². The zero-order valence-corrected chi connectivity index (χ0v) is 9.88. The van der Waals surface area contributed by atoms with E-state index in [-0.39, 0.29) is 23.7 Å². The van der Waals surface area contributed by atoms with Gasteiger partial charge >= 0.3 is 0 Å².